The number of benzene rings is 9. The Labute approximate surface area is 733 Å². The zero-order valence-electron chi connectivity index (χ0n) is 83.5. The van der Waals surface area contributed by atoms with Gasteiger partial charge in [0.05, 0.1) is 72.8 Å². The first-order valence-corrected chi connectivity index (χ1v) is 47.0. The van der Waals surface area contributed by atoms with Crippen LogP contribution in [0.5, 0.6) is 0 Å². The average Bonchev–Trinajstić information content (AvgIpc) is 1.47. The first-order valence-electron chi connectivity index (χ1n) is 47.0. The molecule has 0 spiro atoms. The van der Waals surface area contributed by atoms with Crippen LogP contribution in [-0.4, -0.2) is 70.3 Å². The van der Waals surface area contributed by atoms with Crippen LogP contribution in [0.3, 0.4) is 0 Å². The molecule has 21 rings (SSSR count). The quantitative estimate of drug-likeness (QED) is 0.177. The number of aromatic amines is 1. The fraction of sp³-hybridized carbons (Fsp3) is 0.518. The minimum absolute atomic E-state index is 0.307. The Morgan fingerprint density at radius 3 is 0.797 bits per heavy atom. The van der Waals surface area contributed by atoms with Crippen LogP contribution in [0.2, 0.25) is 0 Å². The van der Waals surface area contributed by atoms with E-state index in [0.717, 1.165) is 6.61 Å². The molecule has 6 aromatic heterocycles. The van der Waals surface area contributed by atoms with Crippen molar-refractivity contribution in [3.63, 3.8) is 0 Å². The molecule has 2 fully saturated rings. The standard InChI is InChI=1S/C40H53N3O.C39H49N3O.C33H41N3/c1-17-16-44-40(14,27(11)18(17)2)43-38-26(10)22(6)20(4)24(8)31(38)35-33-29(13)42(15)28(12)32(33)34-30-23(7)19(3)21(5)25(9)36(30)41-37(34)39(35)43;1-16-18(3)22(7)34-28(20(16)5)32-30-26(11)40(15)27(12)31(30)33-29-21(6)17(2)19(4)23(8)35(29)42-37(33)36(32)41(34)38(13)24(9)25(10)39(42,14)43-38;1-14-16(3)20(7)30-24(18(14)5)28-26-22(9)34(11)23(10)27(26)29-25-19(6)15(2)17(4)21(8)31(25)36(13)33(29)32(28)35(30)12/h17-18,27-29,41H,16H2,1-15H3;24-27H,1-15H3;22-23H,1-13H3. The summed E-state index contributed by atoms with van der Waals surface area (Å²) >= 11 is 0. The second-order valence-corrected chi connectivity index (χ2v) is 42.3. The Kier molecular flexibility index (Phi) is 18.2. The van der Waals surface area contributed by atoms with E-state index in [1.165, 1.54) is 287 Å². The molecule has 14 atom stereocenters. The van der Waals surface area contributed by atoms with E-state index in [4.69, 9.17) is 9.47 Å². The van der Waals surface area contributed by atoms with Gasteiger partial charge < -0.3 is 37.3 Å². The SMILES string of the molecule is Cc1c(C)c(C)c2c([nH]c3c2c2c(c4c5c(C)c(C)c(C)c(C)c5n(C5(C)OCC(C)C(C)C5C)c34)C(C)N(C)C2C)c1C.Cc1c(C)c(C)c2c(c1C)c1c3c(c4c5c(C)c(C)c(C)c(C)c5n(C)c4c1n2C)C(C)N(C)C3C.Cc1c(C)c(C)c2c(c1C)c1c3c(c4c5c(C)c(C)c(C)c(C)c5n5c4c1n2C1(C)OC5(C)C(C)C1C)C(C)N(C)C3C. The third-order valence-corrected chi connectivity index (χ3v) is 38.5. The molecule has 0 saturated carbocycles. The van der Waals surface area contributed by atoms with Gasteiger partial charge in [0.15, 0.2) is 0 Å². The maximum absolute atomic E-state index is 7.67. The highest BCUT2D eigenvalue weighted by atomic mass is 16.6. The molecule has 15 aromatic rings. The van der Waals surface area contributed by atoms with E-state index >= 15 is 0 Å². The Hall–Kier alpha value is -8.42. The zero-order chi connectivity index (χ0) is 89.5. The number of fused-ring (bicyclic) bond motifs is 33. The minimum Gasteiger partial charge on any atom is -0.355 e. The largest absolute Gasteiger partial charge is 0.355 e. The van der Waals surface area contributed by atoms with E-state index < -0.39 is 17.2 Å². The third-order valence-electron chi connectivity index (χ3n) is 38.5. The second kappa shape index (κ2) is 26.6. The number of hydrogen-bond acceptors (Lipinski definition) is 5. The topological polar surface area (TPSA) is 68.6 Å². The summed E-state index contributed by atoms with van der Waals surface area (Å²) < 4.78 is 28.0. The molecule has 648 valence electrons. The van der Waals surface area contributed by atoms with Gasteiger partial charge in [0.1, 0.15) is 17.2 Å². The van der Waals surface area contributed by atoms with Crippen molar-refractivity contribution >= 4 is 131 Å². The lowest BCUT2D eigenvalue weighted by Gasteiger charge is -2.48. The highest BCUT2D eigenvalue weighted by molar-refractivity contribution is 6.31. The van der Waals surface area contributed by atoms with Crippen molar-refractivity contribution in [2.45, 2.75) is 317 Å². The molecular weight excluding hydrogens is 1500 g/mol. The molecular formula is C112H143N9O2. The van der Waals surface area contributed by atoms with Crippen LogP contribution in [0.25, 0.3) is 131 Å². The normalized spacial score (nSPS) is 26.0. The van der Waals surface area contributed by atoms with Crippen molar-refractivity contribution in [3.05, 3.63) is 167 Å². The van der Waals surface area contributed by atoms with Crippen LogP contribution in [0, 0.1) is 196 Å². The van der Waals surface area contributed by atoms with E-state index in [0.29, 0.717) is 65.8 Å². The molecule has 11 heteroatoms. The van der Waals surface area contributed by atoms with Gasteiger partial charge in [-0.3, -0.25) is 14.7 Å². The van der Waals surface area contributed by atoms with Crippen molar-refractivity contribution in [1.82, 2.24) is 42.5 Å². The fourth-order valence-electron chi connectivity index (χ4n) is 27.4. The van der Waals surface area contributed by atoms with Crippen molar-refractivity contribution in [2.75, 3.05) is 27.7 Å². The number of nitrogens with zero attached hydrogens (tertiary/aromatic N) is 8. The minimum atomic E-state index is -0.488. The van der Waals surface area contributed by atoms with Crippen LogP contribution < -0.4 is 0 Å². The zero-order valence-corrected chi connectivity index (χ0v) is 83.5. The van der Waals surface area contributed by atoms with Crippen LogP contribution in [0.4, 0.5) is 0 Å². The number of hydrogen-bond donors (Lipinski definition) is 1. The summed E-state index contributed by atoms with van der Waals surface area (Å²) in [5.41, 5.74) is 58.0. The van der Waals surface area contributed by atoms with Crippen LogP contribution in [0.15, 0.2) is 0 Å². The summed E-state index contributed by atoms with van der Waals surface area (Å²) in [4.78, 5) is 11.9. The molecule has 9 aromatic carbocycles. The van der Waals surface area contributed by atoms with Crippen molar-refractivity contribution in [2.24, 2.45) is 43.7 Å². The summed E-state index contributed by atoms with van der Waals surface area (Å²) in [6.45, 7) is 90.4. The van der Waals surface area contributed by atoms with Gasteiger partial charge in [-0.1, -0.05) is 34.6 Å². The maximum atomic E-state index is 7.67. The van der Waals surface area contributed by atoms with Gasteiger partial charge in [-0.05, 0) is 428 Å². The van der Waals surface area contributed by atoms with Crippen molar-refractivity contribution in [3.8, 4) is 0 Å². The molecule has 0 amide bonds. The lowest BCUT2D eigenvalue weighted by Crippen LogP contribution is -2.49. The molecule has 1 N–H and O–H groups in total. The fourth-order valence-corrected chi connectivity index (χ4v) is 27.4. The van der Waals surface area contributed by atoms with Crippen LogP contribution in [0.1, 0.15) is 300 Å². The monoisotopic (exact) mass is 1650 g/mol. The Morgan fingerprint density at radius 2 is 0.480 bits per heavy atom. The summed E-state index contributed by atoms with van der Waals surface area (Å²) in [6.07, 6.45) is 0. The van der Waals surface area contributed by atoms with Gasteiger partial charge in [-0.25, -0.2) is 0 Å². The molecule has 6 aliphatic heterocycles. The average molecular weight is 1650 g/mol. The Bertz CT molecular complexity index is 7160. The second-order valence-electron chi connectivity index (χ2n) is 42.3. The summed E-state index contributed by atoms with van der Waals surface area (Å²) in [6, 6.07) is 2.01. The van der Waals surface area contributed by atoms with E-state index in [9.17, 15) is 0 Å². The molecule has 14 unspecified atom stereocenters. The maximum Gasteiger partial charge on any atom is 0.148 e. The number of aromatic nitrogens is 6. The third kappa shape index (κ3) is 9.61. The highest BCUT2D eigenvalue weighted by Crippen LogP contribution is 2.66. The van der Waals surface area contributed by atoms with Gasteiger partial charge in [0.2, 0.25) is 0 Å². The molecule has 11 nitrogen and oxygen atoms in total. The highest BCUT2D eigenvalue weighted by Gasteiger charge is 2.61. The number of H-pyrrole nitrogens is 1. The molecule has 2 bridgehead atoms. The molecule has 0 radical (unpaired) electrons. The van der Waals surface area contributed by atoms with E-state index in [-0.39, 0.29) is 0 Å². The lowest BCUT2D eigenvalue weighted by atomic mass is 9.77. The molecule has 12 heterocycles. The van der Waals surface area contributed by atoms with E-state index in [2.05, 4.69) is 341 Å². The van der Waals surface area contributed by atoms with E-state index in [1.54, 1.807) is 11.1 Å². The van der Waals surface area contributed by atoms with E-state index in [1.807, 2.05) is 0 Å². The van der Waals surface area contributed by atoms with Gasteiger partial charge in [0, 0.05) is 133 Å². The molecule has 2 saturated heterocycles. The summed E-state index contributed by atoms with van der Waals surface area (Å²) in [5, 5.41) is 17.4. The number of ether oxygens (including phenoxy) is 2. The Balaban J connectivity index is 0.000000122. The smallest absolute Gasteiger partial charge is 0.148 e. The predicted octanol–water partition coefficient (Wildman–Crippen LogP) is 29.2. The van der Waals surface area contributed by atoms with Gasteiger partial charge >= 0.3 is 0 Å². The molecule has 0 aliphatic carbocycles. The number of aryl methyl sites for hydroxylation is 14. The first-order chi connectivity index (χ1) is 57.4. The summed E-state index contributed by atoms with van der Waals surface area (Å²) in [5.74, 6) is 2.05. The van der Waals surface area contributed by atoms with Gasteiger partial charge in [-0.2, -0.15) is 0 Å². The van der Waals surface area contributed by atoms with Crippen LogP contribution in [-0.2, 0) is 40.7 Å². The van der Waals surface area contributed by atoms with Gasteiger partial charge in [0.25, 0.3) is 0 Å². The Morgan fingerprint density at radius 1 is 0.236 bits per heavy atom. The first kappa shape index (κ1) is 84.1. The van der Waals surface area contributed by atoms with Crippen LogP contribution >= 0.6 is 0 Å². The molecule has 6 aliphatic rings. The lowest BCUT2D eigenvalue weighted by molar-refractivity contribution is -0.191. The van der Waals surface area contributed by atoms with Gasteiger partial charge in [-0.15, -0.1) is 0 Å². The predicted molar refractivity (Wildman–Crippen MR) is 527 cm³/mol. The molecule has 123 heavy (non-hydrogen) atoms. The number of rotatable bonds is 1. The van der Waals surface area contributed by atoms with Crippen molar-refractivity contribution < 1.29 is 9.47 Å². The number of nitrogens with one attached hydrogen (secondary N) is 1. The van der Waals surface area contributed by atoms with Crippen molar-refractivity contribution in [1.29, 1.82) is 0 Å². The summed E-state index contributed by atoms with van der Waals surface area (Å²) in [7, 11) is 11.6.